The molecule has 1 heterocycles. The van der Waals surface area contributed by atoms with Crippen molar-refractivity contribution in [3.8, 4) is 0 Å². The Bertz CT molecular complexity index is 328. The third-order valence-electron chi connectivity index (χ3n) is 4.05. The third kappa shape index (κ3) is 3.74. The van der Waals surface area contributed by atoms with E-state index in [9.17, 15) is 0 Å². The monoisotopic (exact) mass is 246 g/mol. The van der Waals surface area contributed by atoms with Crippen molar-refractivity contribution >= 4 is 5.69 Å². The van der Waals surface area contributed by atoms with Crippen molar-refractivity contribution in [2.24, 2.45) is 5.92 Å². The molecule has 0 bridgehead atoms. The van der Waals surface area contributed by atoms with Gasteiger partial charge in [-0.15, -0.1) is 0 Å². The first-order chi connectivity index (χ1) is 8.79. The van der Waals surface area contributed by atoms with Crippen molar-refractivity contribution in [1.82, 2.24) is 4.90 Å². The van der Waals surface area contributed by atoms with Gasteiger partial charge in [0.2, 0.25) is 0 Å². The molecule has 1 aliphatic rings. The van der Waals surface area contributed by atoms with Gasteiger partial charge in [0.15, 0.2) is 0 Å². The topological polar surface area (TPSA) is 15.3 Å². The second-order valence-electron chi connectivity index (χ2n) is 5.48. The summed E-state index contributed by atoms with van der Waals surface area (Å²) in [6.07, 6.45) is 3.95. The molecule has 0 spiro atoms. The smallest absolute Gasteiger partial charge is 0.0342 e. The van der Waals surface area contributed by atoms with Crippen LogP contribution in [0.2, 0.25) is 0 Å². The first-order valence-electron chi connectivity index (χ1n) is 7.33. The van der Waals surface area contributed by atoms with Gasteiger partial charge in [-0.25, -0.2) is 0 Å². The van der Waals surface area contributed by atoms with Gasteiger partial charge < -0.3 is 10.2 Å². The molecule has 1 N–H and O–H groups in total. The van der Waals surface area contributed by atoms with Crippen LogP contribution in [0.15, 0.2) is 30.3 Å². The Morgan fingerprint density at radius 3 is 2.50 bits per heavy atom. The second kappa shape index (κ2) is 6.79. The standard InChI is InChI=1S/C16H26N2/c1-3-11-18-12-9-15(10-13-18)14(2)17-16-7-5-4-6-8-16/h4-8,14-15,17H,3,9-13H2,1-2H3. The van der Waals surface area contributed by atoms with E-state index in [1.807, 2.05) is 0 Å². The minimum atomic E-state index is 0.580. The minimum Gasteiger partial charge on any atom is -0.382 e. The number of nitrogens with one attached hydrogen (secondary N) is 1. The van der Waals surface area contributed by atoms with Crippen molar-refractivity contribution < 1.29 is 0 Å². The van der Waals surface area contributed by atoms with Gasteiger partial charge in [0.1, 0.15) is 0 Å². The summed E-state index contributed by atoms with van der Waals surface area (Å²) < 4.78 is 0. The number of hydrogen-bond donors (Lipinski definition) is 1. The van der Waals surface area contributed by atoms with Crippen LogP contribution < -0.4 is 5.32 Å². The van der Waals surface area contributed by atoms with Gasteiger partial charge in [0.05, 0.1) is 0 Å². The molecule has 1 saturated heterocycles. The fourth-order valence-corrected chi connectivity index (χ4v) is 2.91. The van der Waals surface area contributed by atoms with Crippen LogP contribution in [0.25, 0.3) is 0 Å². The zero-order chi connectivity index (χ0) is 12.8. The van der Waals surface area contributed by atoms with Crippen LogP contribution in [0.3, 0.4) is 0 Å². The molecular formula is C16H26N2. The van der Waals surface area contributed by atoms with E-state index in [0.29, 0.717) is 6.04 Å². The lowest BCUT2D eigenvalue weighted by molar-refractivity contribution is 0.176. The van der Waals surface area contributed by atoms with E-state index in [1.54, 1.807) is 0 Å². The molecule has 0 saturated carbocycles. The van der Waals surface area contributed by atoms with Crippen molar-refractivity contribution in [2.75, 3.05) is 25.0 Å². The van der Waals surface area contributed by atoms with E-state index >= 15 is 0 Å². The first kappa shape index (κ1) is 13.4. The lowest BCUT2D eigenvalue weighted by atomic mass is 9.90. The van der Waals surface area contributed by atoms with Gasteiger partial charge in [0, 0.05) is 11.7 Å². The zero-order valence-electron chi connectivity index (χ0n) is 11.7. The quantitative estimate of drug-likeness (QED) is 0.854. The van der Waals surface area contributed by atoms with Crippen LogP contribution in [0.4, 0.5) is 5.69 Å². The van der Waals surface area contributed by atoms with E-state index in [4.69, 9.17) is 0 Å². The molecule has 0 radical (unpaired) electrons. The lowest BCUT2D eigenvalue weighted by Crippen LogP contribution is -2.39. The Kier molecular flexibility index (Phi) is 5.06. The lowest BCUT2D eigenvalue weighted by Gasteiger charge is -2.35. The highest BCUT2D eigenvalue weighted by molar-refractivity contribution is 5.43. The maximum absolute atomic E-state index is 3.64. The van der Waals surface area contributed by atoms with Crippen molar-refractivity contribution in [1.29, 1.82) is 0 Å². The predicted octanol–water partition coefficient (Wildman–Crippen LogP) is 3.61. The normalized spacial score (nSPS) is 19.7. The largest absolute Gasteiger partial charge is 0.382 e. The molecular weight excluding hydrogens is 220 g/mol. The molecule has 1 aromatic carbocycles. The van der Waals surface area contributed by atoms with Gasteiger partial charge in [0.25, 0.3) is 0 Å². The summed E-state index contributed by atoms with van der Waals surface area (Å²) in [5.41, 5.74) is 1.25. The predicted molar refractivity (Wildman–Crippen MR) is 79.0 cm³/mol. The number of nitrogens with zero attached hydrogens (tertiary/aromatic N) is 1. The summed E-state index contributed by atoms with van der Waals surface area (Å²) in [5, 5.41) is 3.64. The van der Waals surface area contributed by atoms with Crippen LogP contribution in [-0.4, -0.2) is 30.6 Å². The Morgan fingerprint density at radius 1 is 1.22 bits per heavy atom. The molecule has 0 aliphatic carbocycles. The SMILES string of the molecule is CCCN1CCC(C(C)Nc2ccccc2)CC1. The molecule has 2 heteroatoms. The molecule has 18 heavy (non-hydrogen) atoms. The van der Waals surface area contributed by atoms with Gasteiger partial charge in [-0.05, 0) is 63.9 Å². The minimum absolute atomic E-state index is 0.580. The molecule has 0 aromatic heterocycles. The molecule has 0 amide bonds. The summed E-state index contributed by atoms with van der Waals surface area (Å²) in [6.45, 7) is 8.42. The molecule has 1 aliphatic heterocycles. The molecule has 2 rings (SSSR count). The summed E-state index contributed by atoms with van der Waals surface area (Å²) in [7, 11) is 0. The van der Waals surface area contributed by atoms with Crippen molar-refractivity contribution in [3.05, 3.63) is 30.3 Å². The Hall–Kier alpha value is -1.02. The highest BCUT2D eigenvalue weighted by Crippen LogP contribution is 2.23. The summed E-state index contributed by atoms with van der Waals surface area (Å²) in [4.78, 5) is 2.60. The summed E-state index contributed by atoms with van der Waals surface area (Å²) >= 11 is 0. The molecule has 1 aromatic rings. The highest BCUT2D eigenvalue weighted by atomic mass is 15.1. The first-order valence-corrected chi connectivity index (χ1v) is 7.33. The Morgan fingerprint density at radius 2 is 1.89 bits per heavy atom. The van der Waals surface area contributed by atoms with E-state index in [1.165, 1.54) is 44.6 Å². The summed E-state index contributed by atoms with van der Waals surface area (Å²) in [6, 6.07) is 11.2. The van der Waals surface area contributed by atoms with Crippen LogP contribution in [0, 0.1) is 5.92 Å². The number of benzene rings is 1. The van der Waals surface area contributed by atoms with Gasteiger partial charge in [-0.2, -0.15) is 0 Å². The van der Waals surface area contributed by atoms with E-state index in [2.05, 4.69) is 54.4 Å². The number of para-hydroxylation sites is 1. The molecule has 100 valence electrons. The van der Waals surface area contributed by atoms with E-state index in [0.717, 1.165) is 5.92 Å². The van der Waals surface area contributed by atoms with Gasteiger partial charge in [-0.3, -0.25) is 0 Å². The molecule has 1 fully saturated rings. The molecule has 1 atom stereocenters. The van der Waals surface area contributed by atoms with Gasteiger partial charge in [-0.1, -0.05) is 25.1 Å². The van der Waals surface area contributed by atoms with Crippen LogP contribution in [0.5, 0.6) is 0 Å². The maximum Gasteiger partial charge on any atom is 0.0342 e. The van der Waals surface area contributed by atoms with Crippen molar-refractivity contribution in [2.45, 2.75) is 39.2 Å². The van der Waals surface area contributed by atoms with Crippen molar-refractivity contribution in [3.63, 3.8) is 0 Å². The number of piperidine rings is 1. The number of hydrogen-bond acceptors (Lipinski definition) is 2. The van der Waals surface area contributed by atoms with Crippen LogP contribution >= 0.6 is 0 Å². The number of rotatable bonds is 5. The fraction of sp³-hybridized carbons (Fsp3) is 0.625. The van der Waals surface area contributed by atoms with E-state index < -0.39 is 0 Å². The van der Waals surface area contributed by atoms with Gasteiger partial charge >= 0.3 is 0 Å². The maximum atomic E-state index is 3.64. The highest BCUT2D eigenvalue weighted by Gasteiger charge is 2.23. The summed E-state index contributed by atoms with van der Waals surface area (Å²) in [5.74, 6) is 0.818. The van der Waals surface area contributed by atoms with E-state index in [-0.39, 0.29) is 0 Å². The molecule has 1 unspecified atom stereocenters. The number of likely N-dealkylation sites (tertiary alicyclic amines) is 1. The average molecular weight is 246 g/mol. The Labute approximate surface area is 111 Å². The third-order valence-corrected chi connectivity index (χ3v) is 4.05. The van der Waals surface area contributed by atoms with Crippen LogP contribution in [-0.2, 0) is 0 Å². The Balaban J connectivity index is 1.79. The van der Waals surface area contributed by atoms with Crippen LogP contribution in [0.1, 0.15) is 33.1 Å². The second-order valence-corrected chi connectivity index (χ2v) is 5.48. The number of anilines is 1. The zero-order valence-corrected chi connectivity index (χ0v) is 11.7. The average Bonchev–Trinajstić information content (AvgIpc) is 2.41. The fourth-order valence-electron chi connectivity index (χ4n) is 2.91. The molecule has 2 nitrogen and oxygen atoms in total.